The molecule has 3 rings (SSSR count). The van der Waals surface area contributed by atoms with Crippen LogP contribution >= 0.6 is 23.4 Å². The zero-order valence-electron chi connectivity index (χ0n) is 15.7. The highest BCUT2D eigenvalue weighted by molar-refractivity contribution is 7.98. The number of aryl methyl sites for hydroxylation is 1. The van der Waals surface area contributed by atoms with Gasteiger partial charge >= 0.3 is 0 Å². The normalized spacial score (nSPS) is 12.0. The van der Waals surface area contributed by atoms with Gasteiger partial charge in [-0.05, 0) is 43.7 Å². The molecule has 0 bridgehead atoms. The maximum absolute atomic E-state index is 14.0. The van der Waals surface area contributed by atoms with Crippen molar-refractivity contribution in [3.05, 3.63) is 82.9 Å². The van der Waals surface area contributed by atoms with Crippen LogP contribution < -0.4 is 4.74 Å². The third kappa shape index (κ3) is 4.75. The quantitative estimate of drug-likeness (QED) is 0.333. The van der Waals surface area contributed by atoms with E-state index in [0.717, 1.165) is 11.3 Å². The Labute approximate surface area is 173 Å². The summed E-state index contributed by atoms with van der Waals surface area (Å²) >= 11 is 7.50. The summed E-state index contributed by atoms with van der Waals surface area (Å²) in [5, 5.41) is 9.64. The van der Waals surface area contributed by atoms with Gasteiger partial charge in [-0.1, -0.05) is 47.6 Å². The molecule has 0 N–H and O–H groups in total. The van der Waals surface area contributed by atoms with Gasteiger partial charge in [-0.25, -0.2) is 4.39 Å². The predicted octanol–water partition coefficient (Wildman–Crippen LogP) is 6.00. The number of thioether (sulfide) groups is 1. The molecule has 0 radical (unpaired) electrons. The van der Waals surface area contributed by atoms with Gasteiger partial charge in [-0.3, -0.25) is 4.57 Å². The smallest absolute Gasteiger partial charge is 0.191 e. The third-order valence-corrected chi connectivity index (χ3v) is 5.48. The number of hydrogen-bond donors (Lipinski definition) is 0. The minimum Gasteiger partial charge on any atom is -0.483 e. The van der Waals surface area contributed by atoms with Gasteiger partial charge in [0.25, 0.3) is 0 Å². The maximum Gasteiger partial charge on any atom is 0.191 e. The van der Waals surface area contributed by atoms with Crippen molar-refractivity contribution in [2.24, 2.45) is 0 Å². The van der Waals surface area contributed by atoms with Gasteiger partial charge in [0.15, 0.2) is 17.1 Å². The van der Waals surface area contributed by atoms with E-state index in [4.69, 9.17) is 16.3 Å². The van der Waals surface area contributed by atoms with Crippen LogP contribution in [0.3, 0.4) is 0 Å². The molecule has 0 aliphatic rings. The van der Waals surface area contributed by atoms with Gasteiger partial charge in [-0.2, -0.15) is 0 Å². The Balaban J connectivity index is 1.80. The molecule has 0 saturated carbocycles. The first-order valence-corrected chi connectivity index (χ1v) is 10.2. The molecule has 1 aromatic heterocycles. The molecule has 0 aliphatic heterocycles. The van der Waals surface area contributed by atoms with E-state index < -0.39 is 0 Å². The second kappa shape index (κ2) is 9.26. The van der Waals surface area contributed by atoms with Crippen molar-refractivity contribution in [3.8, 4) is 5.75 Å². The van der Waals surface area contributed by atoms with Crippen LogP contribution in [0.1, 0.15) is 30.0 Å². The number of rotatable bonds is 8. The first-order valence-electron chi connectivity index (χ1n) is 8.82. The van der Waals surface area contributed by atoms with E-state index in [0.29, 0.717) is 33.9 Å². The molecule has 0 fully saturated rings. The second-order valence-electron chi connectivity index (χ2n) is 6.31. The molecular weight excluding hydrogens is 397 g/mol. The van der Waals surface area contributed by atoms with Gasteiger partial charge in [0.2, 0.25) is 0 Å². The average molecular weight is 418 g/mol. The standard InChI is InChI=1S/C21H21ClFN3OS/c1-4-11-26-20(15(3)27-16-8-5-7-14(2)12-16)24-25-21(26)28-13-17-18(22)9-6-10-19(17)23/h4-10,12,15H,1,11,13H2,2-3H3. The summed E-state index contributed by atoms with van der Waals surface area (Å²) < 4.78 is 22.0. The molecule has 0 saturated heterocycles. The highest BCUT2D eigenvalue weighted by atomic mass is 35.5. The van der Waals surface area contributed by atoms with Crippen molar-refractivity contribution in [3.63, 3.8) is 0 Å². The first kappa shape index (κ1) is 20.4. The zero-order chi connectivity index (χ0) is 20.1. The lowest BCUT2D eigenvalue weighted by Gasteiger charge is -2.16. The number of halogens is 2. The number of allylic oxidation sites excluding steroid dienone is 1. The predicted molar refractivity (Wildman–Crippen MR) is 111 cm³/mol. The molecule has 1 atom stereocenters. The fraction of sp³-hybridized carbons (Fsp3) is 0.238. The van der Waals surface area contributed by atoms with Crippen LogP contribution in [0.15, 0.2) is 60.3 Å². The van der Waals surface area contributed by atoms with Gasteiger partial charge in [0, 0.05) is 22.9 Å². The minimum atomic E-state index is -0.328. The molecule has 146 valence electrons. The zero-order valence-corrected chi connectivity index (χ0v) is 17.3. The molecule has 0 amide bonds. The Morgan fingerprint density at radius 1 is 1.29 bits per heavy atom. The first-order chi connectivity index (χ1) is 13.5. The summed E-state index contributed by atoms with van der Waals surface area (Å²) in [5.41, 5.74) is 1.57. The average Bonchev–Trinajstić information content (AvgIpc) is 3.04. The van der Waals surface area contributed by atoms with Crippen molar-refractivity contribution in [1.82, 2.24) is 14.8 Å². The molecule has 4 nitrogen and oxygen atoms in total. The van der Waals surface area contributed by atoms with E-state index in [2.05, 4.69) is 16.8 Å². The lowest BCUT2D eigenvalue weighted by atomic mass is 10.2. The third-order valence-electron chi connectivity index (χ3n) is 4.13. The Hall–Kier alpha value is -2.31. The van der Waals surface area contributed by atoms with E-state index >= 15 is 0 Å². The van der Waals surface area contributed by atoms with Crippen LogP contribution in [0.5, 0.6) is 5.75 Å². The Bertz CT molecular complexity index is 956. The fourth-order valence-corrected chi connectivity index (χ4v) is 4.06. The Morgan fingerprint density at radius 3 is 2.79 bits per heavy atom. The SMILES string of the molecule is C=CCn1c(SCc2c(F)cccc2Cl)nnc1C(C)Oc1cccc(C)c1. The number of benzene rings is 2. The molecule has 7 heteroatoms. The number of hydrogen-bond acceptors (Lipinski definition) is 4. The molecule has 0 aliphatic carbocycles. The molecule has 3 aromatic rings. The van der Waals surface area contributed by atoms with Crippen LogP contribution in [-0.2, 0) is 12.3 Å². The molecule has 1 unspecified atom stereocenters. The van der Waals surface area contributed by atoms with E-state index in [1.165, 1.54) is 17.8 Å². The summed E-state index contributed by atoms with van der Waals surface area (Å²) in [7, 11) is 0. The lowest BCUT2D eigenvalue weighted by Crippen LogP contribution is -2.12. The molecular formula is C21H21ClFN3OS. The van der Waals surface area contributed by atoms with E-state index in [1.54, 1.807) is 18.2 Å². The number of ether oxygens (including phenoxy) is 1. The summed E-state index contributed by atoms with van der Waals surface area (Å²) in [6.45, 7) is 8.28. The van der Waals surface area contributed by atoms with Gasteiger partial charge in [0.05, 0.1) is 0 Å². The number of nitrogens with zero attached hydrogens (tertiary/aromatic N) is 3. The second-order valence-corrected chi connectivity index (χ2v) is 7.66. The van der Waals surface area contributed by atoms with Crippen LogP contribution in [0, 0.1) is 12.7 Å². The van der Waals surface area contributed by atoms with Gasteiger partial charge in [0.1, 0.15) is 11.6 Å². The topological polar surface area (TPSA) is 39.9 Å². The van der Waals surface area contributed by atoms with Crippen molar-refractivity contribution in [1.29, 1.82) is 0 Å². The van der Waals surface area contributed by atoms with Crippen LogP contribution in [0.4, 0.5) is 4.39 Å². The molecule has 28 heavy (non-hydrogen) atoms. The summed E-state index contributed by atoms with van der Waals surface area (Å²) in [6.07, 6.45) is 1.47. The van der Waals surface area contributed by atoms with E-state index in [1.807, 2.05) is 42.7 Å². The summed E-state index contributed by atoms with van der Waals surface area (Å²) in [4.78, 5) is 0. The van der Waals surface area contributed by atoms with Crippen molar-refractivity contribution in [2.75, 3.05) is 0 Å². The monoisotopic (exact) mass is 417 g/mol. The largest absolute Gasteiger partial charge is 0.483 e. The summed E-state index contributed by atoms with van der Waals surface area (Å²) in [5.74, 6) is 1.48. The highest BCUT2D eigenvalue weighted by Crippen LogP contribution is 2.30. The van der Waals surface area contributed by atoms with Crippen LogP contribution in [0.2, 0.25) is 5.02 Å². The van der Waals surface area contributed by atoms with Gasteiger partial charge in [-0.15, -0.1) is 16.8 Å². The van der Waals surface area contributed by atoms with Crippen LogP contribution in [0.25, 0.3) is 0 Å². The van der Waals surface area contributed by atoms with Crippen molar-refractivity contribution < 1.29 is 9.13 Å². The highest BCUT2D eigenvalue weighted by Gasteiger charge is 2.20. The molecule has 1 heterocycles. The maximum atomic E-state index is 14.0. The number of aromatic nitrogens is 3. The Morgan fingerprint density at radius 2 is 2.07 bits per heavy atom. The Kier molecular flexibility index (Phi) is 6.75. The molecule has 2 aromatic carbocycles. The van der Waals surface area contributed by atoms with Crippen molar-refractivity contribution in [2.45, 2.75) is 37.4 Å². The van der Waals surface area contributed by atoms with E-state index in [9.17, 15) is 4.39 Å². The van der Waals surface area contributed by atoms with Crippen molar-refractivity contribution >= 4 is 23.4 Å². The molecule has 0 spiro atoms. The summed E-state index contributed by atoms with van der Waals surface area (Å²) in [6, 6.07) is 12.5. The fourth-order valence-electron chi connectivity index (χ4n) is 2.76. The van der Waals surface area contributed by atoms with Crippen LogP contribution in [-0.4, -0.2) is 14.8 Å². The minimum absolute atomic E-state index is 0.305. The van der Waals surface area contributed by atoms with E-state index in [-0.39, 0.29) is 11.9 Å². The lowest BCUT2D eigenvalue weighted by molar-refractivity contribution is 0.210. The van der Waals surface area contributed by atoms with Gasteiger partial charge < -0.3 is 4.74 Å².